The molecule has 0 saturated heterocycles. The molecule has 0 fully saturated rings. The minimum atomic E-state index is -0.211. The van der Waals surface area contributed by atoms with Gasteiger partial charge in [0.2, 0.25) is 5.91 Å². The molecule has 1 N–H and O–H groups in total. The van der Waals surface area contributed by atoms with Crippen LogP contribution in [0.2, 0.25) is 5.02 Å². The number of nitrogens with zero attached hydrogens (tertiary/aromatic N) is 3. The van der Waals surface area contributed by atoms with Crippen LogP contribution in [-0.4, -0.2) is 40.4 Å². The first-order valence-corrected chi connectivity index (χ1v) is 8.22. The highest BCUT2D eigenvalue weighted by atomic mass is 35.5. The maximum absolute atomic E-state index is 12.0. The lowest BCUT2D eigenvalue weighted by molar-refractivity contribution is -0.117. The molecule has 1 amide bonds. The summed E-state index contributed by atoms with van der Waals surface area (Å²) in [5.74, 6) is 0.806. The minimum Gasteiger partial charge on any atom is -0.493 e. The molecule has 0 saturated carbocycles. The van der Waals surface area contributed by atoms with Gasteiger partial charge in [0.05, 0.1) is 25.3 Å². The van der Waals surface area contributed by atoms with E-state index in [0.29, 0.717) is 29.7 Å². The van der Waals surface area contributed by atoms with E-state index in [1.807, 2.05) is 13.8 Å². The number of methoxy groups -OCH3 is 1. The van der Waals surface area contributed by atoms with Crippen LogP contribution in [0, 0.1) is 0 Å². The molecule has 0 radical (unpaired) electrons. The van der Waals surface area contributed by atoms with Gasteiger partial charge in [-0.2, -0.15) is 5.10 Å². The maximum Gasteiger partial charge on any atom is 0.244 e. The molecule has 1 aromatic carbocycles. The van der Waals surface area contributed by atoms with Gasteiger partial charge < -0.3 is 14.8 Å². The van der Waals surface area contributed by atoms with Gasteiger partial charge in [0.25, 0.3) is 0 Å². The standard InChI is InChI=1S/C17H21ClN4O3/c1-4-25-17-14(18)7-13(8-15(17)24-3)5-6-16(23)21-12(2)9-22-11-19-10-20-22/h5-8,10-12H,4,9H2,1-3H3,(H,21,23). The predicted octanol–water partition coefficient (Wildman–Crippen LogP) is 2.56. The van der Waals surface area contributed by atoms with Crippen molar-refractivity contribution in [3.05, 3.63) is 41.4 Å². The second-order valence-corrected chi connectivity index (χ2v) is 5.73. The molecule has 0 aliphatic rings. The Morgan fingerprint density at radius 1 is 1.48 bits per heavy atom. The Bertz CT molecular complexity index is 732. The van der Waals surface area contributed by atoms with E-state index in [9.17, 15) is 4.79 Å². The fourth-order valence-electron chi connectivity index (χ4n) is 2.24. The van der Waals surface area contributed by atoms with E-state index in [0.717, 1.165) is 5.56 Å². The summed E-state index contributed by atoms with van der Waals surface area (Å²) in [7, 11) is 1.54. The van der Waals surface area contributed by atoms with E-state index >= 15 is 0 Å². The number of amides is 1. The topological polar surface area (TPSA) is 78.3 Å². The van der Waals surface area contributed by atoms with Crippen molar-refractivity contribution in [3.63, 3.8) is 0 Å². The molecule has 2 aromatic rings. The van der Waals surface area contributed by atoms with E-state index in [1.54, 1.807) is 36.3 Å². The normalized spacial score (nSPS) is 12.2. The highest BCUT2D eigenvalue weighted by Crippen LogP contribution is 2.36. The van der Waals surface area contributed by atoms with Crippen molar-refractivity contribution >= 4 is 23.6 Å². The Morgan fingerprint density at radius 2 is 2.28 bits per heavy atom. The number of nitrogens with one attached hydrogen (secondary N) is 1. The third-order valence-electron chi connectivity index (χ3n) is 3.28. The molecule has 0 spiro atoms. The number of carbonyl (C=O) groups excluding carboxylic acids is 1. The van der Waals surface area contributed by atoms with Gasteiger partial charge in [0, 0.05) is 12.1 Å². The first kappa shape index (κ1) is 18.8. The molecule has 2 rings (SSSR count). The zero-order valence-electron chi connectivity index (χ0n) is 14.4. The van der Waals surface area contributed by atoms with Crippen molar-refractivity contribution in [2.45, 2.75) is 26.4 Å². The highest BCUT2D eigenvalue weighted by molar-refractivity contribution is 6.32. The van der Waals surface area contributed by atoms with Gasteiger partial charge in [-0.1, -0.05) is 11.6 Å². The van der Waals surface area contributed by atoms with Gasteiger partial charge in [-0.15, -0.1) is 0 Å². The second-order valence-electron chi connectivity index (χ2n) is 5.33. The molecule has 0 aliphatic heterocycles. The third-order valence-corrected chi connectivity index (χ3v) is 3.56. The number of benzene rings is 1. The summed E-state index contributed by atoms with van der Waals surface area (Å²) in [6, 6.07) is 3.40. The summed E-state index contributed by atoms with van der Waals surface area (Å²) in [4.78, 5) is 15.9. The van der Waals surface area contributed by atoms with Gasteiger partial charge in [0.15, 0.2) is 11.5 Å². The fraction of sp³-hybridized carbons (Fsp3) is 0.353. The molecular weight excluding hydrogens is 344 g/mol. The molecule has 134 valence electrons. The molecule has 1 atom stereocenters. The van der Waals surface area contributed by atoms with E-state index in [-0.39, 0.29) is 11.9 Å². The van der Waals surface area contributed by atoms with Crippen molar-refractivity contribution in [3.8, 4) is 11.5 Å². The average Bonchev–Trinajstić information content (AvgIpc) is 3.07. The number of hydrogen-bond acceptors (Lipinski definition) is 5. The number of aromatic nitrogens is 3. The van der Waals surface area contributed by atoms with Crippen LogP contribution < -0.4 is 14.8 Å². The molecule has 8 heteroatoms. The van der Waals surface area contributed by atoms with Crippen LogP contribution in [0.3, 0.4) is 0 Å². The van der Waals surface area contributed by atoms with Gasteiger partial charge in [0.1, 0.15) is 12.7 Å². The van der Waals surface area contributed by atoms with Gasteiger partial charge in [-0.05, 0) is 37.6 Å². The molecule has 0 aliphatic carbocycles. The van der Waals surface area contributed by atoms with Crippen LogP contribution >= 0.6 is 11.6 Å². The van der Waals surface area contributed by atoms with Crippen molar-refractivity contribution in [1.82, 2.24) is 20.1 Å². The molecule has 1 unspecified atom stereocenters. The van der Waals surface area contributed by atoms with Gasteiger partial charge >= 0.3 is 0 Å². The SMILES string of the molecule is CCOc1c(Cl)cc(C=CC(=O)NC(C)Cn2cncn2)cc1OC. The smallest absolute Gasteiger partial charge is 0.244 e. The molecule has 1 aromatic heterocycles. The van der Waals surface area contributed by atoms with Gasteiger partial charge in [-0.25, -0.2) is 4.98 Å². The summed E-state index contributed by atoms with van der Waals surface area (Å²) in [6.45, 7) is 4.79. The Balaban J connectivity index is 2.00. The zero-order valence-corrected chi connectivity index (χ0v) is 15.2. The number of rotatable bonds is 8. The van der Waals surface area contributed by atoms with Crippen molar-refractivity contribution < 1.29 is 14.3 Å². The third kappa shape index (κ3) is 5.49. The molecule has 25 heavy (non-hydrogen) atoms. The van der Waals surface area contributed by atoms with E-state index in [1.165, 1.54) is 12.4 Å². The van der Waals surface area contributed by atoms with Crippen LogP contribution in [0.1, 0.15) is 19.4 Å². The molecule has 7 nitrogen and oxygen atoms in total. The van der Waals surface area contributed by atoms with E-state index in [4.69, 9.17) is 21.1 Å². The monoisotopic (exact) mass is 364 g/mol. The summed E-state index contributed by atoms with van der Waals surface area (Å²) in [6.07, 6.45) is 6.18. The number of hydrogen-bond donors (Lipinski definition) is 1. The Morgan fingerprint density at radius 3 is 2.92 bits per heavy atom. The second kappa shape index (κ2) is 9.08. The van der Waals surface area contributed by atoms with E-state index < -0.39 is 0 Å². The summed E-state index contributed by atoms with van der Waals surface area (Å²) >= 11 is 6.22. The van der Waals surface area contributed by atoms with Crippen LogP contribution in [0.15, 0.2) is 30.9 Å². The molecular formula is C17H21ClN4O3. The van der Waals surface area contributed by atoms with Crippen LogP contribution in [0.5, 0.6) is 11.5 Å². The summed E-state index contributed by atoms with van der Waals surface area (Å²) in [5.41, 5.74) is 0.740. The number of ether oxygens (including phenoxy) is 2. The van der Waals surface area contributed by atoms with Crippen LogP contribution in [-0.2, 0) is 11.3 Å². The Labute approximate surface area is 151 Å². The largest absolute Gasteiger partial charge is 0.493 e. The van der Waals surface area contributed by atoms with Crippen molar-refractivity contribution in [2.75, 3.05) is 13.7 Å². The molecule has 0 bridgehead atoms. The summed E-state index contributed by atoms with van der Waals surface area (Å²) in [5, 5.41) is 7.30. The van der Waals surface area contributed by atoms with Crippen LogP contribution in [0.4, 0.5) is 0 Å². The minimum absolute atomic E-state index is 0.0858. The Hall–Kier alpha value is -2.54. The van der Waals surface area contributed by atoms with Gasteiger partial charge in [-0.3, -0.25) is 9.48 Å². The lowest BCUT2D eigenvalue weighted by Crippen LogP contribution is -2.34. The van der Waals surface area contributed by atoms with Crippen molar-refractivity contribution in [2.24, 2.45) is 0 Å². The van der Waals surface area contributed by atoms with Crippen LogP contribution in [0.25, 0.3) is 6.08 Å². The first-order valence-electron chi connectivity index (χ1n) is 7.84. The molecule has 1 heterocycles. The average molecular weight is 365 g/mol. The van der Waals surface area contributed by atoms with Crippen molar-refractivity contribution in [1.29, 1.82) is 0 Å². The Kier molecular flexibility index (Phi) is 6.82. The van der Waals surface area contributed by atoms with E-state index in [2.05, 4.69) is 15.4 Å². The quantitative estimate of drug-likeness (QED) is 0.728. The summed E-state index contributed by atoms with van der Waals surface area (Å²) < 4.78 is 12.4. The zero-order chi connectivity index (χ0) is 18.2. The maximum atomic E-state index is 12.0. The predicted molar refractivity (Wildman–Crippen MR) is 95.8 cm³/mol. The number of carbonyl (C=O) groups is 1. The fourth-order valence-corrected chi connectivity index (χ4v) is 2.51. The lowest BCUT2D eigenvalue weighted by atomic mass is 10.2. The lowest BCUT2D eigenvalue weighted by Gasteiger charge is -2.12. The first-order chi connectivity index (χ1) is 12.0. The highest BCUT2D eigenvalue weighted by Gasteiger charge is 2.11. The number of halogens is 1.